The molecule has 0 saturated heterocycles. The van der Waals surface area contributed by atoms with Crippen molar-refractivity contribution in [2.75, 3.05) is 18.1 Å². The number of anilines is 1. The standard InChI is InChI=1S/C20H15NO8/c22-11-21(12-23)13-3-1-4-14(9-13)27-7-8-28-16-5-2-6-17-19(16)15(24)10-18(29-17)20(25)26/h1-6,9-12H,7-8H2,(H,25,26). The molecule has 0 aliphatic carbocycles. The van der Waals surface area contributed by atoms with Crippen LogP contribution in [0.4, 0.5) is 5.69 Å². The van der Waals surface area contributed by atoms with Crippen molar-refractivity contribution in [2.24, 2.45) is 0 Å². The molecule has 0 fully saturated rings. The molecule has 0 spiro atoms. The summed E-state index contributed by atoms with van der Waals surface area (Å²) in [4.78, 5) is 45.8. The van der Waals surface area contributed by atoms with Crippen LogP contribution in [0.3, 0.4) is 0 Å². The van der Waals surface area contributed by atoms with Gasteiger partial charge in [0.2, 0.25) is 18.6 Å². The van der Waals surface area contributed by atoms with Crippen LogP contribution in [0.5, 0.6) is 11.5 Å². The lowest BCUT2D eigenvalue weighted by Crippen LogP contribution is -2.18. The molecule has 9 heteroatoms. The molecule has 3 aromatic rings. The average Bonchev–Trinajstić information content (AvgIpc) is 2.72. The number of carbonyl (C=O) groups excluding carboxylic acids is 2. The Kier molecular flexibility index (Phi) is 5.88. The number of aromatic carboxylic acids is 1. The van der Waals surface area contributed by atoms with Crippen molar-refractivity contribution < 1.29 is 33.4 Å². The number of rotatable bonds is 9. The number of nitrogens with zero attached hydrogens (tertiary/aromatic N) is 1. The zero-order valence-corrected chi connectivity index (χ0v) is 14.9. The normalized spacial score (nSPS) is 10.3. The molecular formula is C20H15NO8. The minimum atomic E-state index is -1.34. The quantitative estimate of drug-likeness (QED) is 0.430. The second-order valence-electron chi connectivity index (χ2n) is 5.72. The Labute approximate surface area is 163 Å². The van der Waals surface area contributed by atoms with Gasteiger partial charge in [-0.25, -0.2) is 4.79 Å². The van der Waals surface area contributed by atoms with Gasteiger partial charge in [-0.2, -0.15) is 0 Å². The van der Waals surface area contributed by atoms with Crippen LogP contribution >= 0.6 is 0 Å². The fraction of sp³-hybridized carbons (Fsp3) is 0.100. The number of benzene rings is 2. The number of amides is 2. The first-order chi connectivity index (χ1) is 14.0. The lowest BCUT2D eigenvalue weighted by atomic mass is 10.2. The summed E-state index contributed by atoms with van der Waals surface area (Å²) in [5.74, 6) is -1.14. The summed E-state index contributed by atoms with van der Waals surface area (Å²) in [6, 6.07) is 11.9. The molecule has 1 N–H and O–H groups in total. The van der Waals surface area contributed by atoms with Gasteiger partial charge in [0.15, 0.2) is 5.43 Å². The Morgan fingerprint density at radius 2 is 1.76 bits per heavy atom. The van der Waals surface area contributed by atoms with Gasteiger partial charge in [0.05, 0.1) is 5.69 Å². The van der Waals surface area contributed by atoms with E-state index in [0.29, 0.717) is 24.3 Å². The Bertz CT molecular complexity index is 1110. The first kappa shape index (κ1) is 19.6. The molecule has 1 aromatic heterocycles. The summed E-state index contributed by atoms with van der Waals surface area (Å²) in [6.45, 7) is 0.190. The number of hydrogen-bond acceptors (Lipinski definition) is 7. The Hall–Kier alpha value is -4.14. The summed E-state index contributed by atoms with van der Waals surface area (Å²) < 4.78 is 16.3. The molecule has 0 unspecified atom stereocenters. The number of ether oxygens (including phenoxy) is 2. The van der Waals surface area contributed by atoms with Crippen molar-refractivity contribution in [1.29, 1.82) is 0 Å². The second-order valence-corrected chi connectivity index (χ2v) is 5.72. The highest BCUT2D eigenvalue weighted by molar-refractivity contribution is 5.95. The summed E-state index contributed by atoms with van der Waals surface area (Å²) in [7, 11) is 0. The number of carbonyl (C=O) groups is 3. The molecule has 2 aromatic carbocycles. The van der Waals surface area contributed by atoms with Crippen molar-refractivity contribution in [1.82, 2.24) is 0 Å². The largest absolute Gasteiger partial charge is 0.490 e. The zero-order chi connectivity index (χ0) is 20.8. The minimum absolute atomic E-state index is 0.0779. The van der Waals surface area contributed by atoms with Crippen LogP contribution < -0.4 is 19.8 Å². The fourth-order valence-electron chi connectivity index (χ4n) is 2.60. The molecule has 1 heterocycles. The molecule has 0 aliphatic rings. The van der Waals surface area contributed by atoms with Crippen molar-refractivity contribution in [3.8, 4) is 11.5 Å². The van der Waals surface area contributed by atoms with Gasteiger partial charge in [-0.05, 0) is 24.3 Å². The Morgan fingerprint density at radius 3 is 2.48 bits per heavy atom. The number of carboxylic acid groups (broad SMARTS) is 1. The number of imide groups is 1. The van der Waals surface area contributed by atoms with Crippen LogP contribution in [0.1, 0.15) is 10.6 Å². The summed E-state index contributed by atoms with van der Waals surface area (Å²) in [6.07, 6.45) is 0.772. The van der Waals surface area contributed by atoms with Gasteiger partial charge in [-0.3, -0.25) is 19.3 Å². The van der Waals surface area contributed by atoms with Crippen LogP contribution in [-0.2, 0) is 9.59 Å². The van der Waals surface area contributed by atoms with E-state index in [2.05, 4.69) is 0 Å². The smallest absolute Gasteiger partial charge is 0.371 e. The molecule has 9 nitrogen and oxygen atoms in total. The average molecular weight is 397 g/mol. The molecule has 2 amide bonds. The third-order valence-electron chi connectivity index (χ3n) is 3.88. The topological polar surface area (TPSA) is 123 Å². The lowest BCUT2D eigenvalue weighted by molar-refractivity contribution is -0.114. The van der Waals surface area contributed by atoms with Crippen molar-refractivity contribution in [2.45, 2.75) is 0 Å². The van der Waals surface area contributed by atoms with Crippen molar-refractivity contribution in [3.63, 3.8) is 0 Å². The van der Waals surface area contributed by atoms with E-state index >= 15 is 0 Å². The number of fused-ring (bicyclic) bond motifs is 1. The van der Waals surface area contributed by atoms with E-state index in [-0.39, 0.29) is 29.9 Å². The molecule has 148 valence electrons. The number of hydrogen-bond donors (Lipinski definition) is 1. The lowest BCUT2D eigenvalue weighted by Gasteiger charge is -2.12. The van der Waals surface area contributed by atoms with E-state index in [1.165, 1.54) is 12.1 Å². The Balaban J connectivity index is 1.69. The van der Waals surface area contributed by atoms with E-state index in [9.17, 15) is 19.2 Å². The second kappa shape index (κ2) is 8.70. The maximum atomic E-state index is 12.2. The fourth-order valence-corrected chi connectivity index (χ4v) is 2.60. The third-order valence-corrected chi connectivity index (χ3v) is 3.88. The molecule has 0 saturated carbocycles. The van der Waals surface area contributed by atoms with E-state index in [1.54, 1.807) is 30.3 Å². The summed E-state index contributed by atoms with van der Waals surface area (Å²) in [5, 5.41) is 9.11. The van der Waals surface area contributed by atoms with Gasteiger partial charge >= 0.3 is 5.97 Å². The summed E-state index contributed by atoms with van der Waals surface area (Å²) >= 11 is 0. The van der Waals surface area contributed by atoms with Gasteiger partial charge in [0, 0.05) is 12.1 Å². The predicted octanol–water partition coefficient (Wildman–Crippen LogP) is 2.07. The SMILES string of the molecule is O=CN(C=O)c1cccc(OCCOc2cccc3oc(C(=O)O)cc(=O)c23)c1. The first-order valence-electron chi connectivity index (χ1n) is 8.38. The molecule has 0 aliphatic heterocycles. The van der Waals surface area contributed by atoms with Crippen molar-refractivity contribution in [3.05, 3.63) is 64.5 Å². The van der Waals surface area contributed by atoms with Crippen LogP contribution in [0, 0.1) is 0 Å². The van der Waals surface area contributed by atoms with Crippen LogP contribution in [-0.4, -0.2) is 37.1 Å². The summed E-state index contributed by atoms with van der Waals surface area (Å²) in [5.41, 5.74) is -0.0751. The van der Waals surface area contributed by atoms with E-state index < -0.39 is 17.2 Å². The molecule has 0 radical (unpaired) electrons. The van der Waals surface area contributed by atoms with Gasteiger partial charge in [-0.1, -0.05) is 12.1 Å². The van der Waals surface area contributed by atoms with Crippen LogP contribution in [0.2, 0.25) is 0 Å². The molecule has 0 atom stereocenters. The molecule has 3 rings (SSSR count). The maximum absolute atomic E-state index is 12.2. The van der Waals surface area contributed by atoms with Gasteiger partial charge in [0.25, 0.3) is 0 Å². The minimum Gasteiger partial charge on any atom is -0.490 e. The predicted molar refractivity (Wildman–Crippen MR) is 101 cm³/mol. The van der Waals surface area contributed by atoms with Crippen molar-refractivity contribution >= 4 is 35.4 Å². The zero-order valence-electron chi connectivity index (χ0n) is 14.9. The van der Waals surface area contributed by atoms with E-state index in [4.69, 9.17) is 19.0 Å². The maximum Gasteiger partial charge on any atom is 0.371 e. The highest BCUT2D eigenvalue weighted by Crippen LogP contribution is 2.24. The van der Waals surface area contributed by atoms with E-state index in [1.807, 2.05) is 0 Å². The molecule has 29 heavy (non-hydrogen) atoms. The highest BCUT2D eigenvalue weighted by atomic mass is 16.5. The monoisotopic (exact) mass is 397 g/mol. The van der Waals surface area contributed by atoms with Gasteiger partial charge in [-0.15, -0.1) is 0 Å². The molecular weight excluding hydrogens is 382 g/mol. The Morgan fingerprint density at radius 1 is 1.03 bits per heavy atom. The van der Waals surface area contributed by atoms with Gasteiger partial charge in [0.1, 0.15) is 35.7 Å². The highest BCUT2D eigenvalue weighted by Gasteiger charge is 2.14. The van der Waals surface area contributed by atoms with E-state index in [0.717, 1.165) is 11.0 Å². The first-order valence-corrected chi connectivity index (χ1v) is 8.38. The molecule has 0 bridgehead atoms. The van der Waals surface area contributed by atoms with Crippen LogP contribution in [0.15, 0.2) is 57.7 Å². The van der Waals surface area contributed by atoms with Crippen LogP contribution in [0.25, 0.3) is 11.0 Å². The number of carboxylic acids is 1. The third kappa shape index (κ3) is 4.41. The van der Waals surface area contributed by atoms with Gasteiger partial charge < -0.3 is 19.0 Å².